The molecule has 0 spiro atoms. The Morgan fingerprint density at radius 2 is 2.19 bits per heavy atom. The van der Waals surface area contributed by atoms with Crippen LogP contribution in [0.25, 0.3) is 0 Å². The summed E-state index contributed by atoms with van der Waals surface area (Å²) < 4.78 is 6.22. The van der Waals surface area contributed by atoms with E-state index in [1.54, 1.807) is 7.11 Å². The molecule has 1 atom stereocenters. The molecule has 0 fully saturated rings. The summed E-state index contributed by atoms with van der Waals surface area (Å²) >= 11 is 3.57. The highest BCUT2D eigenvalue weighted by Crippen LogP contribution is 2.27. The number of anilines is 1. The molecule has 0 saturated carbocycles. The van der Waals surface area contributed by atoms with E-state index in [0.717, 1.165) is 15.7 Å². The Morgan fingerprint density at radius 1 is 1.50 bits per heavy atom. The number of likely N-dealkylation sites (N-methyl/N-ethyl adjacent to an activating group) is 1. The minimum absolute atomic E-state index is 0.338. The van der Waals surface area contributed by atoms with E-state index in [1.807, 2.05) is 0 Å². The lowest BCUT2D eigenvalue weighted by molar-refractivity contribution is 0.183. The van der Waals surface area contributed by atoms with Crippen molar-refractivity contribution in [2.45, 2.75) is 19.5 Å². The molecule has 0 aliphatic rings. The summed E-state index contributed by atoms with van der Waals surface area (Å²) in [5, 5.41) is 0. The molecule has 0 aliphatic carbocycles. The highest BCUT2D eigenvalue weighted by Gasteiger charge is 2.12. The van der Waals surface area contributed by atoms with Crippen molar-refractivity contribution < 1.29 is 4.74 Å². The van der Waals surface area contributed by atoms with Crippen molar-refractivity contribution in [3.63, 3.8) is 0 Å². The first-order valence-corrected chi connectivity index (χ1v) is 6.09. The van der Waals surface area contributed by atoms with Gasteiger partial charge in [-0.05, 0) is 40.5 Å². The second-order valence-electron chi connectivity index (χ2n) is 3.91. The SMILES string of the molecule is COCC(C)N(C)c1ccc(CN)cc1Br. The highest BCUT2D eigenvalue weighted by atomic mass is 79.9. The van der Waals surface area contributed by atoms with Crippen LogP contribution in [0.3, 0.4) is 0 Å². The van der Waals surface area contributed by atoms with Crippen LogP contribution in [0.15, 0.2) is 22.7 Å². The number of hydrogen-bond donors (Lipinski definition) is 1. The Balaban J connectivity index is 2.87. The monoisotopic (exact) mass is 286 g/mol. The van der Waals surface area contributed by atoms with E-state index in [9.17, 15) is 0 Å². The standard InChI is InChI=1S/C12H19BrN2O/c1-9(8-16-3)15(2)12-5-4-10(7-14)6-11(12)13/h4-6,9H,7-8,14H2,1-3H3. The molecule has 3 nitrogen and oxygen atoms in total. The van der Waals surface area contributed by atoms with E-state index in [-0.39, 0.29) is 0 Å². The van der Waals surface area contributed by atoms with Gasteiger partial charge < -0.3 is 15.4 Å². The zero-order valence-corrected chi connectivity index (χ0v) is 11.6. The van der Waals surface area contributed by atoms with E-state index in [4.69, 9.17) is 10.5 Å². The molecule has 0 aromatic heterocycles. The average molecular weight is 287 g/mol. The summed E-state index contributed by atoms with van der Waals surface area (Å²) in [7, 11) is 3.78. The third-order valence-corrected chi connectivity index (χ3v) is 3.33. The summed E-state index contributed by atoms with van der Waals surface area (Å²) in [5.74, 6) is 0. The van der Waals surface area contributed by atoms with Crippen molar-refractivity contribution in [3.05, 3.63) is 28.2 Å². The lowest BCUT2D eigenvalue weighted by Crippen LogP contribution is -2.32. The second-order valence-corrected chi connectivity index (χ2v) is 4.76. The van der Waals surface area contributed by atoms with E-state index >= 15 is 0 Å². The Morgan fingerprint density at radius 3 is 2.69 bits per heavy atom. The maximum Gasteiger partial charge on any atom is 0.0663 e. The smallest absolute Gasteiger partial charge is 0.0663 e. The van der Waals surface area contributed by atoms with Gasteiger partial charge in [0.05, 0.1) is 12.3 Å². The van der Waals surface area contributed by atoms with Gasteiger partial charge >= 0.3 is 0 Å². The third kappa shape index (κ3) is 3.20. The maximum absolute atomic E-state index is 5.60. The fourth-order valence-corrected chi connectivity index (χ4v) is 2.26. The summed E-state index contributed by atoms with van der Waals surface area (Å²) in [4.78, 5) is 2.19. The Bertz CT molecular complexity index is 344. The number of hydrogen-bond acceptors (Lipinski definition) is 3. The van der Waals surface area contributed by atoms with Gasteiger partial charge in [-0.3, -0.25) is 0 Å². The summed E-state index contributed by atoms with van der Waals surface area (Å²) in [5.41, 5.74) is 7.88. The first kappa shape index (κ1) is 13.5. The summed E-state index contributed by atoms with van der Waals surface area (Å²) in [6, 6.07) is 6.53. The molecule has 0 saturated heterocycles. The molecule has 1 rings (SSSR count). The molecule has 1 unspecified atom stereocenters. The molecule has 4 heteroatoms. The second kappa shape index (κ2) is 6.23. The molecule has 0 amide bonds. The van der Waals surface area contributed by atoms with Crippen molar-refractivity contribution in [1.82, 2.24) is 0 Å². The highest BCUT2D eigenvalue weighted by molar-refractivity contribution is 9.10. The molecular formula is C12H19BrN2O. The van der Waals surface area contributed by atoms with E-state index in [2.05, 4.69) is 53.0 Å². The fraction of sp³-hybridized carbons (Fsp3) is 0.500. The quantitative estimate of drug-likeness (QED) is 0.903. The molecule has 2 N–H and O–H groups in total. The van der Waals surface area contributed by atoms with Crippen molar-refractivity contribution in [1.29, 1.82) is 0 Å². The van der Waals surface area contributed by atoms with E-state index in [0.29, 0.717) is 19.2 Å². The minimum Gasteiger partial charge on any atom is -0.383 e. The molecule has 1 aromatic carbocycles. The van der Waals surface area contributed by atoms with Gasteiger partial charge in [0.25, 0.3) is 0 Å². The largest absolute Gasteiger partial charge is 0.383 e. The molecule has 1 aromatic rings. The van der Waals surface area contributed by atoms with Gasteiger partial charge in [-0.2, -0.15) is 0 Å². The number of ether oxygens (including phenoxy) is 1. The Kier molecular flexibility index (Phi) is 5.25. The Hall–Kier alpha value is -0.580. The van der Waals surface area contributed by atoms with Gasteiger partial charge in [0, 0.05) is 31.2 Å². The van der Waals surface area contributed by atoms with Gasteiger partial charge in [-0.25, -0.2) is 0 Å². The van der Waals surface area contributed by atoms with Gasteiger partial charge in [-0.1, -0.05) is 6.07 Å². The van der Waals surface area contributed by atoms with Crippen LogP contribution < -0.4 is 10.6 Å². The predicted molar refractivity (Wildman–Crippen MR) is 71.8 cm³/mol. The van der Waals surface area contributed by atoms with Crippen LogP contribution in [0.5, 0.6) is 0 Å². The van der Waals surface area contributed by atoms with Crippen LogP contribution in [-0.2, 0) is 11.3 Å². The van der Waals surface area contributed by atoms with Crippen molar-refractivity contribution in [2.75, 3.05) is 25.7 Å². The molecule has 0 bridgehead atoms. The summed E-state index contributed by atoms with van der Waals surface area (Å²) in [6.07, 6.45) is 0. The molecule has 0 aliphatic heterocycles. The molecule has 0 radical (unpaired) electrons. The van der Waals surface area contributed by atoms with Crippen LogP contribution in [0.4, 0.5) is 5.69 Å². The first-order valence-electron chi connectivity index (χ1n) is 5.30. The predicted octanol–water partition coefficient (Wildman–Crippen LogP) is 2.38. The number of benzene rings is 1. The van der Waals surface area contributed by atoms with Crippen LogP contribution in [0.2, 0.25) is 0 Å². The van der Waals surface area contributed by atoms with Crippen LogP contribution >= 0.6 is 15.9 Å². The van der Waals surface area contributed by atoms with Gasteiger partial charge in [-0.15, -0.1) is 0 Å². The number of rotatable bonds is 5. The lowest BCUT2D eigenvalue weighted by Gasteiger charge is -2.27. The minimum atomic E-state index is 0.338. The van der Waals surface area contributed by atoms with Gasteiger partial charge in [0.2, 0.25) is 0 Å². The average Bonchev–Trinajstić information content (AvgIpc) is 2.28. The van der Waals surface area contributed by atoms with Crippen molar-refractivity contribution >= 4 is 21.6 Å². The third-order valence-electron chi connectivity index (χ3n) is 2.70. The van der Waals surface area contributed by atoms with E-state index < -0.39 is 0 Å². The van der Waals surface area contributed by atoms with Gasteiger partial charge in [0.15, 0.2) is 0 Å². The normalized spacial score (nSPS) is 12.6. The maximum atomic E-state index is 5.60. The summed E-state index contributed by atoms with van der Waals surface area (Å²) in [6.45, 7) is 3.41. The number of halogens is 1. The zero-order valence-electron chi connectivity index (χ0n) is 10.0. The topological polar surface area (TPSA) is 38.5 Å². The van der Waals surface area contributed by atoms with Crippen molar-refractivity contribution in [3.8, 4) is 0 Å². The van der Waals surface area contributed by atoms with Gasteiger partial charge in [0.1, 0.15) is 0 Å². The fourth-order valence-electron chi connectivity index (χ4n) is 1.55. The first-order chi connectivity index (χ1) is 7.60. The number of nitrogens with two attached hydrogens (primary N) is 1. The molecular weight excluding hydrogens is 268 g/mol. The van der Waals surface area contributed by atoms with Crippen molar-refractivity contribution in [2.24, 2.45) is 5.73 Å². The van der Waals surface area contributed by atoms with Crippen LogP contribution in [0.1, 0.15) is 12.5 Å². The van der Waals surface area contributed by atoms with Crippen LogP contribution in [-0.4, -0.2) is 26.8 Å². The molecule has 90 valence electrons. The lowest BCUT2D eigenvalue weighted by atomic mass is 10.2. The zero-order chi connectivity index (χ0) is 12.1. The Labute approximate surface area is 106 Å². The molecule has 16 heavy (non-hydrogen) atoms. The molecule has 0 heterocycles. The number of methoxy groups -OCH3 is 1. The van der Waals surface area contributed by atoms with Crippen LogP contribution in [0, 0.1) is 0 Å². The van der Waals surface area contributed by atoms with E-state index in [1.165, 1.54) is 0 Å². The number of nitrogens with zero attached hydrogens (tertiary/aromatic N) is 1.